The van der Waals surface area contributed by atoms with Crippen molar-refractivity contribution in [3.8, 4) is 0 Å². The van der Waals surface area contributed by atoms with Crippen LogP contribution in [-0.4, -0.2) is 50.3 Å². The zero-order valence-electron chi connectivity index (χ0n) is 11.6. The molecule has 5 nitrogen and oxygen atoms in total. The van der Waals surface area contributed by atoms with Gasteiger partial charge in [0, 0.05) is 33.2 Å². The van der Waals surface area contributed by atoms with Gasteiger partial charge in [-0.2, -0.15) is 17.0 Å². The monoisotopic (exact) mass is 283 g/mol. The average Bonchev–Trinajstić information content (AvgIpc) is 2.39. The summed E-state index contributed by atoms with van der Waals surface area (Å²) in [6.07, 6.45) is 0. The molecule has 19 heavy (non-hydrogen) atoms. The van der Waals surface area contributed by atoms with Crippen LogP contribution in [0.4, 0.5) is 0 Å². The third-order valence-electron chi connectivity index (χ3n) is 3.40. The molecule has 1 aliphatic rings. The van der Waals surface area contributed by atoms with E-state index in [0.717, 1.165) is 5.56 Å². The van der Waals surface area contributed by atoms with Crippen molar-refractivity contribution < 1.29 is 8.42 Å². The van der Waals surface area contributed by atoms with Crippen LogP contribution in [0, 0.1) is 0 Å². The largest absolute Gasteiger partial charge is 0.311 e. The molecule has 0 amide bonds. The number of nitrogens with zero attached hydrogens (tertiary/aromatic N) is 2. The normalized spacial score (nSPS) is 25.7. The molecule has 0 aliphatic carbocycles. The van der Waals surface area contributed by atoms with Gasteiger partial charge >= 0.3 is 0 Å². The molecule has 1 aromatic carbocycles. The van der Waals surface area contributed by atoms with E-state index in [1.54, 1.807) is 18.4 Å². The molecule has 1 aliphatic heterocycles. The molecule has 0 aromatic heterocycles. The Hall–Kier alpha value is -0.950. The fraction of sp³-hybridized carbons (Fsp3) is 0.538. The number of piperazine rings is 1. The Bertz CT molecular complexity index is 516. The Labute approximate surface area is 115 Å². The van der Waals surface area contributed by atoms with Crippen molar-refractivity contribution in [2.24, 2.45) is 0 Å². The Morgan fingerprint density at radius 3 is 2.47 bits per heavy atom. The van der Waals surface area contributed by atoms with Crippen molar-refractivity contribution in [2.45, 2.75) is 19.0 Å². The number of hydrogen-bond acceptors (Lipinski definition) is 3. The van der Waals surface area contributed by atoms with Crippen LogP contribution in [0.2, 0.25) is 0 Å². The number of rotatable bonds is 3. The lowest BCUT2D eigenvalue weighted by atomic mass is 10.0. The van der Waals surface area contributed by atoms with E-state index in [2.05, 4.69) is 5.32 Å². The molecule has 2 unspecified atom stereocenters. The van der Waals surface area contributed by atoms with Crippen molar-refractivity contribution >= 4 is 10.2 Å². The number of benzene rings is 1. The maximum atomic E-state index is 12.4. The zero-order chi connectivity index (χ0) is 14.0. The minimum absolute atomic E-state index is 0.148. The Morgan fingerprint density at radius 1 is 1.26 bits per heavy atom. The van der Waals surface area contributed by atoms with Gasteiger partial charge in [-0.25, -0.2) is 0 Å². The highest BCUT2D eigenvalue weighted by molar-refractivity contribution is 7.86. The minimum atomic E-state index is -3.40. The van der Waals surface area contributed by atoms with E-state index in [1.807, 2.05) is 37.3 Å². The van der Waals surface area contributed by atoms with E-state index in [-0.39, 0.29) is 12.1 Å². The standard InChI is InChI=1S/C13H21N3O2S/c1-11-10-16(19(17,18)15(2)3)13(9-14-11)12-7-5-4-6-8-12/h4-8,11,13-14H,9-10H2,1-3H3. The minimum Gasteiger partial charge on any atom is -0.311 e. The predicted octanol–water partition coefficient (Wildman–Crippen LogP) is 0.828. The number of nitrogens with one attached hydrogen (secondary N) is 1. The summed E-state index contributed by atoms with van der Waals surface area (Å²) in [6, 6.07) is 9.77. The van der Waals surface area contributed by atoms with Gasteiger partial charge in [-0.15, -0.1) is 0 Å². The molecule has 106 valence electrons. The second-order valence-corrected chi connectivity index (χ2v) is 7.19. The van der Waals surface area contributed by atoms with Gasteiger partial charge < -0.3 is 5.32 Å². The van der Waals surface area contributed by atoms with E-state index in [0.29, 0.717) is 13.1 Å². The van der Waals surface area contributed by atoms with Crippen LogP contribution in [0.25, 0.3) is 0 Å². The fourth-order valence-electron chi connectivity index (χ4n) is 2.30. The molecule has 0 spiro atoms. The highest BCUT2D eigenvalue weighted by atomic mass is 32.2. The summed E-state index contributed by atoms with van der Waals surface area (Å²) < 4.78 is 27.7. The quantitative estimate of drug-likeness (QED) is 0.894. The topological polar surface area (TPSA) is 52.7 Å². The first-order valence-electron chi connectivity index (χ1n) is 6.40. The summed E-state index contributed by atoms with van der Waals surface area (Å²) in [5.74, 6) is 0. The lowest BCUT2D eigenvalue weighted by Gasteiger charge is -2.39. The van der Waals surface area contributed by atoms with E-state index >= 15 is 0 Å². The molecule has 1 heterocycles. The zero-order valence-corrected chi connectivity index (χ0v) is 12.4. The molecule has 1 fully saturated rings. The van der Waals surface area contributed by atoms with Crippen molar-refractivity contribution in [3.05, 3.63) is 35.9 Å². The molecule has 0 saturated carbocycles. The third kappa shape index (κ3) is 2.97. The second-order valence-electron chi connectivity index (χ2n) is 5.10. The van der Waals surface area contributed by atoms with Crippen LogP contribution in [0.3, 0.4) is 0 Å². The average molecular weight is 283 g/mol. The summed E-state index contributed by atoms with van der Waals surface area (Å²) in [5.41, 5.74) is 1.02. The van der Waals surface area contributed by atoms with Gasteiger partial charge in [-0.1, -0.05) is 30.3 Å². The van der Waals surface area contributed by atoms with Crippen molar-refractivity contribution in [1.29, 1.82) is 0 Å². The summed E-state index contributed by atoms with van der Waals surface area (Å²) in [4.78, 5) is 0. The van der Waals surface area contributed by atoms with Crippen LogP contribution in [0.5, 0.6) is 0 Å². The van der Waals surface area contributed by atoms with Crippen molar-refractivity contribution in [3.63, 3.8) is 0 Å². The third-order valence-corrected chi connectivity index (χ3v) is 5.32. The lowest BCUT2D eigenvalue weighted by Crippen LogP contribution is -2.55. The van der Waals surface area contributed by atoms with Crippen molar-refractivity contribution in [1.82, 2.24) is 13.9 Å². The SMILES string of the molecule is CC1CN(S(=O)(=O)N(C)C)C(c2ccccc2)CN1. The molecule has 1 N–H and O–H groups in total. The van der Waals surface area contributed by atoms with Gasteiger partial charge in [0.15, 0.2) is 0 Å². The van der Waals surface area contributed by atoms with E-state index in [4.69, 9.17) is 0 Å². The van der Waals surface area contributed by atoms with Crippen LogP contribution in [0.15, 0.2) is 30.3 Å². The summed E-state index contributed by atoms with van der Waals surface area (Å²) in [6.45, 7) is 3.12. The molecule has 0 bridgehead atoms. The fourth-order valence-corrected chi connectivity index (χ4v) is 3.65. The summed E-state index contributed by atoms with van der Waals surface area (Å²) in [5, 5.41) is 3.35. The molecule has 6 heteroatoms. The molecule has 2 atom stereocenters. The van der Waals surface area contributed by atoms with Gasteiger partial charge in [0.1, 0.15) is 0 Å². The van der Waals surface area contributed by atoms with Crippen molar-refractivity contribution in [2.75, 3.05) is 27.2 Å². The first-order valence-corrected chi connectivity index (χ1v) is 7.80. The van der Waals surface area contributed by atoms with E-state index < -0.39 is 10.2 Å². The van der Waals surface area contributed by atoms with Gasteiger partial charge in [0.2, 0.25) is 0 Å². The predicted molar refractivity (Wildman–Crippen MR) is 76.0 cm³/mol. The Kier molecular flexibility index (Phi) is 4.25. The maximum Gasteiger partial charge on any atom is 0.282 e. The number of hydrogen-bond donors (Lipinski definition) is 1. The van der Waals surface area contributed by atoms with Gasteiger partial charge in [0.05, 0.1) is 6.04 Å². The van der Waals surface area contributed by atoms with Crippen LogP contribution in [-0.2, 0) is 10.2 Å². The summed E-state index contributed by atoms with van der Waals surface area (Å²) in [7, 11) is -0.257. The van der Waals surface area contributed by atoms with Crippen LogP contribution < -0.4 is 5.32 Å². The maximum absolute atomic E-state index is 12.4. The summed E-state index contributed by atoms with van der Waals surface area (Å²) >= 11 is 0. The molecule has 1 aromatic rings. The second kappa shape index (κ2) is 5.58. The lowest BCUT2D eigenvalue weighted by molar-refractivity contribution is 0.223. The molecular weight excluding hydrogens is 262 g/mol. The van der Waals surface area contributed by atoms with Gasteiger partial charge in [-0.05, 0) is 12.5 Å². The first kappa shape index (κ1) is 14.5. The van der Waals surface area contributed by atoms with Crippen LogP contribution in [0.1, 0.15) is 18.5 Å². The Morgan fingerprint density at radius 2 is 1.89 bits per heavy atom. The van der Waals surface area contributed by atoms with Crippen LogP contribution >= 0.6 is 0 Å². The van der Waals surface area contributed by atoms with E-state index in [9.17, 15) is 8.42 Å². The molecule has 1 saturated heterocycles. The van der Waals surface area contributed by atoms with Gasteiger partial charge in [0.25, 0.3) is 10.2 Å². The van der Waals surface area contributed by atoms with Gasteiger partial charge in [-0.3, -0.25) is 0 Å². The first-order chi connectivity index (χ1) is 8.93. The molecule has 0 radical (unpaired) electrons. The molecular formula is C13H21N3O2S. The molecule has 2 rings (SSSR count). The highest BCUT2D eigenvalue weighted by Gasteiger charge is 2.36. The van der Waals surface area contributed by atoms with E-state index in [1.165, 1.54) is 4.31 Å². The smallest absolute Gasteiger partial charge is 0.282 e. The Balaban J connectivity index is 2.36. The highest BCUT2D eigenvalue weighted by Crippen LogP contribution is 2.27.